The Morgan fingerprint density at radius 3 is 2.26 bits per heavy atom. The highest BCUT2D eigenvalue weighted by Crippen LogP contribution is 2.66. The van der Waals surface area contributed by atoms with Crippen molar-refractivity contribution in [2.75, 3.05) is 30.5 Å². The highest BCUT2D eigenvalue weighted by molar-refractivity contribution is 6.53. The second-order valence-electron chi connectivity index (χ2n) is 12.2. The number of amides is 4. The predicted octanol–water partition coefficient (Wildman–Crippen LogP) is 4.99. The molecule has 3 fully saturated rings. The fourth-order valence-corrected chi connectivity index (χ4v) is 8.74. The average Bonchev–Trinajstić information content (AvgIpc) is 3.39. The number of likely N-dealkylation sites (tertiary alicyclic amines) is 1. The van der Waals surface area contributed by atoms with E-state index in [1.807, 2.05) is 48.5 Å². The van der Waals surface area contributed by atoms with Crippen molar-refractivity contribution in [3.63, 3.8) is 0 Å². The third kappa shape index (κ3) is 4.32. The van der Waals surface area contributed by atoms with E-state index in [1.165, 1.54) is 11.9 Å². The molecule has 3 aromatic carbocycles. The SMILES string of the molecule is CN1C(=O)C2(Cl)CC3C(=CCC4C(=O)N(c5ccc(Nc6ccccc6)cc5)C(=O)C43)C(c3ccccc3OCCO)C2(Cl)C1=O. The summed E-state index contributed by atoms with van der Waals surface area (Å²) >= 11 is 14.5. The Balaban J connectivity index is 1.28. The number of rotatable bonds is 7. The topological polar surface area (TPSA) is 116 Å². The summed E-state index contributed by atoms with van der Waals surface area (Å²) in [5.74, 6) is -4.70. The van der Waals surface area contributed by atoms with Crippen molar-refractivity contribution in [3.05, 3.63) is 96.1 Å². The molecule has 0 spiro atoms. The number of ether oxygens (including phenoxy) is 1. The minimum Gasteiger partial charge on any atom is -0.491 e. The highest BCUT2D eigenvalue weighted by Gasteiger charge is 2.76. The number of carbonyl (C=O) groups is 4. The third-order valence-corrected chi connectivity index (χ3v) is 11.2. The molecule has 46 heavy (non-hydrogen) atoms. The van der Waals surface area contributed by atoms with E-state index in [-0.39, 0.29) is 37.9 Å². The van der Waals surface area contributed by atoms with Crippen molar-refractivity contribution in [1.82, 2.24) is 4.90 Å². The number of allylic oxidation sites excluding steroid dienone is 2. The molecule has 11 heteroatoms. The normalized spacial score (nSPS) is 30.1. The number of benzene rings is 3. The summed E-state index contributed by atoms with van der Waals surface area (Å²) in [6.07, 6.45) is 2.04. The Labute approximate surface area is 275 Å². The van der Waals surface area contributed by atoms with Gasteiger partial charge in [-0.3, -0.25) is 29.0 Å². The molecule has 2 aliphatic carbocycles. The first-order valence-corrected chi connectivity index (χ1v) is 15.9. The number of nitrogens with zero attached hydrogens (tertiary/aromatic N) is 2. The monoisotopic (exact) mass is 659 g/mol. The van der Waals surface area contributed by atoms with E-state index in [4.69, 9.17) is 27.9 Å². The molecular formula is C35H31Cl2N3O6. The van der Waals surface area contributed by atoms with Crippen molar-refractivity contribution in [1.29, 1.82) is 0 Å². The van der Waals surface area contributed by atoms with Crippen LogP contribution in [0, 0.1) is 17.8 Å². The van der Waals surface area contributed by atoms with Crippen LogP contribution in [-0.2, 0) is 19.2 Å². The van der Waals surface area contributed by atoms with Crippen molar-refractivity contribution in [3.8, 4) is 5.75 Å². The first-order valence-electron chi connectivity index (χ1n) is 15.1. The molecule has 9 nitrogen and oxygen atoms in total. The van der Waals surface area contributed by atoms with Gasteiger partial charge in [-0.25, -0.2) is 0 Å². The van der Waals surface area contributed by atoms with Crippen LogP contribution in [0.3, 0.4) is 0 Å². The molecule has 2 aliphatic heterocycles. The summed E-state index contributed by atoms with van der Waals surface area (Å²) in [6, 6.07) is 23.7. The average molecular weight is 661 g/mol. The van der Waals surface area contributed by atoms with E-state index < -0.39 is 45.2 Å². The zero-order valence-corrected chi connectivity index (χ0v) is 26.4. The van der Waals surface area contributed by atoms with Crippen molar-refractivity contribution in [2.24, 2.45) is 17.8 Å². The summed E-state index contributed by atoms with van der Waals surface area (Å²) in [4.78, 5) is 54.1. The van der Waals surface area contributed by atoms with Gasteiger partial charge in [-0.1, -0.05) is 48.0 Å². The predicted molar refractivity (Wildman–Crippen MR) is 173 cm³/mol. The smallest absolute Gasteiger partial charge is 0.253 e. The van der Waals surface area contributed by atoms with Gasteiger partial charge in [0.15, 0.2) is 9.75 Å². The second-order valence-corrected chi connectivity index (χ2v) is 13.4. The number of carbonyl (C=O) groups excluding carboxylic acids is 4. The molecule has 0 aromatic heterocycles. The van der Waals surface area contributed by atoms with Gasteiger partial charge in [0.2, 0.25) is 11.8 Å². The number of halogens is 2. The molecule has 236 valence electrons. The lowest BCUT2D eigenvalue weighted by Gasteiger charge is -2.51. The van der Waals surface area contributed by atoms with E-state index >= 15 is 0 Å². The van der Waals surface area contributed by atoms with Crippen LogP contribution in [0.2, 0.25) is 0 Å². The highest BCUT2D eigenvalue weighted by atomic mass is 35.5. The summed E-state index contributed by atoms with van der Waals surface area (Å²) in [7, 11) is 1.35. The number of alkyl halides is 2. The van der Waals surface area contributed by atoms with E-state index in [0.717, 1.165) is 16.3 Å². The van der Waals surface area contributed by atoms with Gasteiger partial charge in [0.25, 0.3) is 11.8 Å². The van der Waals surface area contributed by atoms with Gasteiger partial charge in [-0.05, 0) is 61.2 Å². The van der Waals surface area contributed by atoms with Crippen LogP contribution < -0.4 is 15.0 Å². The lowest BCUT2D eigenvalue weighted by Crippen LogP contribution is -2.60. The first kappa shape index (κ1) is 30.5. The minimum atomic E-state index is -1.92. The van der Waals surface area contributed by atoms with E-state index in [0.29, 0.717) is 22.6 Å². The molecule has 2 heterocycles. The van der Waals surface area contributed by atoms with Crippen molar-refractivity contribution >= 4 is 63.9 Å². The van der Waals surface area contributed by atoms with Crippen LogP contribution in [0.15, 0.2) is 90.5 Å². The molecule has 2 saturated heterocycles. The molecular weight excluding hydrogens is 629 g/mol. The summed E-state index contributed by atoms with van der Waals surface area (Å²) in [5.41, 5.74) is 3.33. The number of hydrogen-bond acceptors (Lipinski definition) is 7. The number of nitrogens with one attached hydrogen (secondary N) is 1. The van der Waals surface area contributed by atoms with Crippen LogP contribution in [0.4, 0.5) is 17.1 Å². The summed E-state index contributed by atoms with van der Waals surface area (Å²) < 4.78 is 5.86. The first-order chi connectivity index (χ1) is 22.1. The van der Waals surface area contributed by atoms with E-state index in [2.05, 4.69) is 5.32 Å². The Kier molecular flexibility index (Phi) is 7.46. The number of anilines is 3. The van der Waals surface area contributed by atoms with Crippen LogP contribution in [0.1, 0.15) is 24.3 Å². The molecule has 3 aromatic rings. The molecule has 6 unspecified atom stereocenters. The van der Waals surface area contributed by atoms with E-state index in [1.54, 1.807) is 36.4 Å². The number of fused-ring (bicyclic) bond motifs is 4. The molecule has 6 atom stereocenters. The molecule has 1 saturated carbocycles. The maximum atomic E-state index is 14.3. The second kappa shape index (κ2) is 11.3. The number of imide groups is 2. The molecule has 0 bridgehead atoms. The quantitative estimate of drug-likeness (QED) is 0.208. The van der Waals surface area contributed by atoms with Gasteiger partial charge in [-0.2, -0.15) is 0 Å². The number of aliphatic hydroxyl groups is 1. The molecule has 4 amide bonds. The fraction of sp³-hybridized carbons (Fsp3) is 0.314. The van der Waals surface area contributed by atoms with Gasteiger partial charge in [0, 0.05) is 29.9 Å². The minimum absolute atomic E-state index is 0.00734. The lowest BCUT2D eigenvalue weighted by atomic mass is 9.56. The number of para-hydroxylation sites is 2. The van der Waals surface area contributed by atoms with Crippen molar-refractivity contribution < 1.29 is 29.0 Å². The Morgan fingerprint density at radius 2 is 1.54 bits per heavy atom. The number of hydrogen-bond donors (Lipinski definition) is 2. The molecule has 4 aliphatic rings. The van der Waals surface area contributed by atoms with Crippen LogP contribution >= 0.6 is 23.2 Å². The van der Waals surface area contributed by atoms with Gasteiger partial charge in [0.05, 0.1) is 24.1 Å². The maximum absolute atomic E-state index is 14.3. The van der Waals surface area contributed by atoms with Gasteiger partial charge in [0.1, 0.15) is 12.4 Å². The van der Waals surface area contributed by atoms with Gasteiger partial charge >= 0.3 is 0 Å². The Morgan fingerprint density at radius 1 is 0.870 bits per heavy atom. The molecule has 7 rings (SSSR count). The molecule has 0 radical (unpaired) electrons. The van der Waals surface area contributed by atoms with E-state index in [9.17, 15) is 24.3 Å². The number of aliphatic hydroxyl groups excluding tert-OH is 1. The van der Waals surface area contributed by atoms with Crippen LogP contribution in [-0.4, -0.2) is 63.6 Å². The van der Waals surface area contributed by atoms with Crippen molar-refractivity contribution in [2.45, 2.75) is 28.5 Å². The fourth-order valence-electron chi connectivity index (χ4n) is 7.73. The zero-order chi connectivity index (χ0) is 32.4. The largest absolute Gasteiger partial charge is 0.491 e. The van der Waals surface area contributed by atoms with Crippen LogP contribution in [0.25, 0.3) is 0 Å². The van der Waals surface area contributed by atoms with Crippen LogP contribution in [0.5, 0.6) is 5.75 Å². The standard InChI is InChI=1S/C35H31Cl2N3O6/c1-39-32(44)34(36)19-26-23(29(35(34,37)33(39)45)24-9-5-6-10-27(24)46-18-17-41)15-16-25-28(26)31(43)40(30(25)42)22-13-11-21(12-14-22)38-20-7-3-2-4-8-20/h2-15,25-26,28-29,38,41H,16-19H2,1H3. The summed E-state index contributed by atoms with van der Waals surface area (Å²) in [6.45, 7) is -0.248. The maximum Gasteiger partial charge on any atom is 0.253 e. The Bertz CT molecular complexity index is 1780. The summed E-state index contributed by atoms with van der Waals surface area (Å²) in [5, 5.41) is 12.8. The zero-order valence-electron chi connectivity index (χ0n) is 24.9. The third-order valence-electron chi connectivity index (χ3n) is 9.78. The lowest BCUT2D eigenvalue weighted by molar-refractivity contribution is -0.138. The Hall–Kier alpha value is -4.18. The molecule has 2 N–H and O–H groups in total. The van der Waals surface area contributed by atoms with Gasteiger partial charge in [-0.15, -0.1) is 23.2 Å². The van der Waals surface area contributed by atoms with Gasteiger partial charge < -0.3 is 15.2 Å².